The Labute approximate surface area is 206 Å². The van der Waals surface area contributed by atoms with Gasteiger partial charge in [-0.1, -0.05) is 49.6 Å². The van der Waals surface area contributed by atoms with Crippen molar-refractivity contribution in [3.8, 4) is 0 Å². The van der Waals surface area contributed by atoms with E-state index in [9.17, 15) is 18.0 Å². The topological polar surface area (TPSA) is 104 Å². The summed E-state index contributed by atoms with van der Waals surface area (Å²) in [4.78, 5) is 25.6. The van der Waals surface area contributed by atoms with Crippen molar-refractivity contribution < 1.29 is 18.0 Å². The van der Waals surface area contributed by atoms with Crippen molar-refractivity contribution in [1.29, 1.82) is 0 Å². The second-order valence-corrected chi connectivity index (χ2v) is 10.5. The van der Waals surface area contributed by atoms with Crippen molar-refractivity contribution in [2.24, 2.45) is 5.92 Å². The fourth-order valence-electron chi connectivity index (χ4n) is 4.16. The van der Waals surface area contributed by atoms with Gasteiger partial charge in [-0.25, -0.2) is 8.42 Å². The predicted octanol–water partition coefficient (Wildman–Crippen LogP) is 5.57. The van der Waals surface area contributed by atoms with Crippen LogP contribution in [-0.2, 0) is 14.8 Å². The molecule has 7 nitrogen and oxygen atoms in total. The van der Waals surface area contributed by atoms with E-state index in [0.29, 0.717) is 22.6 Å². The summed E-state index contributed by atoms with van der Waals surface area (Å²) in [6.45, 7) is 1.78. The predicted molar refractivity (Wildman–Crippen MR) is 138 cm³/mol. The lowest BCUT2D eigenvalue weighted by Crippen LogP contribution is -2.24. The summed E-state index contributed by atoms with van der Waals surface area (Å²) < 4.78 is 28.0. The molecule has 1 saturated carbocycles. The summed E-state index contributed by atoms with van der Waals surface area (Å²) in [6.07, 6.45) is 5.11. The van der Waals surface area contributed by atoms with Crippen LogP contribution in [0.4, 0.5) is 17.1 Å². The number of nitrogens with one attached hydrogen (secondary N) is 3. The number of hydrogen-bond acceptors (Lipinski definition) is 4. The molecule has 0 bridgehead atoms. The highest BCUT2D eigenvalue weighted by Gasteiger charge is 2.21. The minimum absolute atomic E-state index is 0.00358. The Hall–Kier alpha value is -3.65. The second kappa shape index (κ2) is 10.7. The van der Waals surface area contributed by atoms with Gasteiger partial charge >= 0.3 is 0 Å². The molecule has 35 heavy (non-hydrogen) atoms. The van der Waals surface area contributed by atoms with E-state index >= 15 is 0 Å². The zero-order valence-electron chi connectivity index (χ0n) is 19.6. The molecule has 1 aliphatic rings. The number of hydrogen-bond donors (Lipinski definition) is 3. The van der Waals surface area contributed by atoms with Crippen LogP contribution in [0.1, 0.15) is 48.0 Å². The Morgan fingerprint density at radius 1 is 0.800 bits per heavy atom. The summed E-state index contributed by atoms with van der Waals surface area (Å²) in [7, 11) is -3.76. The molecule has 0 radical (unpaired) electrons. The normalized spacial score (nSPS) is 14.2. The van der Waals surface area contributed by atoms with Crippen LogP contribution in [0.25, 0.3) is 0 Å². The Balaban J connectivity index is 1.45. The van der Waals surface area contributed by atoms with Gasteiger partial charge < -0.3 is 10.6 Å². The van der Waals surface area contributed by atoms with Crippen molar-refractivity contribution in [2.75, 3.05) is 15.4 Å². The third kappa shape index (κ3) is 6.27. The maximum Gasteiger partial charge on any atom is 0.261 e. The van der Waals surface area contributed by atoms with Crippen molar-refractivity contribution in [3.63, 3.8) is 0 Å². The Morgan fingerprint density at radius 3 is 2.26 bits per heavy atom. The molecule has 182 valence electrons. The smallest absolute Gasteiger partial charge is 0.261 e. The molecule has 1 fully saturated rings. The number of rotatable bonds is 7. The molecule has 2 amide bonds. The van der Waals surface area contributed by atoms with Gasteiger partial charge in [-0.05, 0) is 67.8 Å². The Bertz CT molecular complexity index is 1320. The number of aryl methyl sites for hydroxylation is 1. The molecule has 0 aromatic heterocycles. The lowest BCUT2D eigenvalue weighted by molar-refractivity contribution is -0.120. The SMILES string of the molecule is Cc1ccc(NC(=O)c2cccc(NC(=O)C3CCCCC3)c2)cc1NS(=O)(=O)c1ccccc1. The number of amides is 2. The maximum atomic E-state index is 12.9. The fourth-order valence-corrected chi connectivity index (χ4v) is 5.31. The first-order chi connectivity index (χ1) is 16.8. The molecule has 0 saturated heterocycles. The van der Waals surface area contributed by atoms with Crippen molar-refractivity contribution in [1.82, 2.24) is 0 Å². The first-order valence-corrected chi connectivity index (χ1v) is 13.2. The van der Waals surface area contributed by atoms with Gasteiger partial charge in [0.1, 0.15) is 0 Å². The van der Waals surface area contributed by atoms with Crippen LogP contribution in [-0.4, -0.2) is 20.2 Å². The fraction of sp³-hybridized carbons (Fsp3) is 0.259. The molecule has 3 aromatic rings. The highest BCUT2D eigenvalue weighted by atomic mass is 32.2. The van der Waals surface area contributed by atoms with Gasteiger partial charge in [-0.2, -0.15) is 0 Å². The minimum Gasteiger partial charge on any atom is -0.326 e. The van der Waals surface area contributed by atoms with E-state index in [1.165, 1.54) is 18.6 Å². The summed E-state index contributed by atoms with van der Waals surface area (Å²) in [5.74, 6) is -0.345. The largest absolute Gasteiger partial charge is 0.326 e. The average Bonchev–Trinajstić information content (AvgIpc) is 2.87. The van der Waals surface area contributed by atoms with Crippen molar-refractivity contribution >= 4 is 38.9 Å². The van der Waals surface area contributed by atoms with E-state index in [-0.39, 0.29) is 22.6 Å². The van der Waals surface area contributed by atoms with Crippen LogP contribution >= 0.6 is 0 Å². The molecular weight excluding hydrogens is 462 g/mol. The van der Waals surface area contributed by atoms with Crippen LogP contribution < -0.4 is 15.4 Å². The molecule has 0 unspecified atom stereocenters. The molecule has 0 aliphatic heterocycles. The first kappa shape index (κ1) is 24.5. The summed E-state index contributed by atoms with van der Waals surface area (Å²) >= 11 is 0. The second-order valence-electron chi connectivity index (χ2n) is 8.81. The monoisotopic (exact) mass is 491 g/mol. The zero-order chi connectivity index (χ0) is 24.8. The van der Waals surface area contributed by atoms with E-state index in [0.717, 1.165) is 31.2 Å². The molecule has 0 heterocycles. The van der Waals surface area contributed by atoms with E-state index in [2.05, 4.69) is 15.4 Å². The van der Waals surface area contributed by atoms with Crippen LogP contribution in [0.5, 0.6) is 0 Å². The van der Waals surface area contributed by atoms with Crippen molar-refractivity contribution in [3.05, 3.63) is 83.9 Å². The third-order valence-electron chi connectivity index (χ3n) is 6.16. The highest BCUT2D eigenvalue weighted by Crippen LogP contribution is 2.26. The standard InChI is InChI=1S/C27H29N3O4S/c1-19-15-16-23(18-25(19)30-35(33,34)24-13-6-3-7-14-24)29-27(32)21-11-8-12-22(17-21)28-26(31)20-9-4-2-5-10-20/h3,6-8,11-18,20,30H,2,4-5,9-10H2,1H3,(H,28,31)(H,29,32). The van der Waals surface area contributed by atoms with Gasteiger partial charge in [-0.15, -0.1) is 0 Å². The van der Waals surface area contributed by atoms with Crippen LogP contribution in [0.3, 0.4) is 0 Å². The molecule has 4 rings (SSSR count). The summed E-state index contributed by atoms with van der Waals surface area (Å²) in [5, 5.41) is 5.74. The van der Waals surface area contributed by atoms with Gasteiger partial charge in [0.25, 0.3) is 15.9 Å². The lowest BCUT2D eigenvalue weighted by Gasteiger charge is -2.20. The Morgan fingerprint density at radius 2 is 1.51 bits per heavy atom. The van der Waals surface area contributed by atoms with E-state index in [1.807, 2.05) is 0 Å². The zero-order valence-corrected chi connectivity index (χ0v) is 20.4. The Kier molecular flexibility index (Phi) is 7.51. The molecule has 8 heteroatoms. The number of sulfonamides is 1. The van der Waals surface area contributed by atoms with Gasteiger partial charge in [0.15, 0.2) is 0 Å². The minimum atomic E-state index is -3.76. The highest BCUT2D eigenvalue weighted by molar-refractivity contribution is 7.92. The summed E-state index contributed by atoms with van der Waals surface area (Å²) in [6, 6.07) is 19.9. The van der Waals surface area contributed by atoms with E-state index in [1.54, 1.807) is 67.6 Å². The van der Waals surface area contributed by atoms with E-state index in [4.69, 9.17) is 0 Å². The maximum absolute atomic E-state index is 12.9. The average molecular weight is 492 g/mol. The van der Waals surface area contributed by atoms with Gasteiger partial charge in [0.2, 0.25) is 5.91 Å². The number of benzene rings is 3. The summed E-state index contributed by atoms with van der Waals surface area (Å²) in [5.41, 5.74) is 2.50. The quantitative estimate of drug-likeness (QED) is 0.402. The number of carbonyl (C=O) groups is 2. The van der Waals surface area contributed by atoms with Crippen LogP contribution in [0, 0.1) is 12.8 Å². The van der Waals surface area contributed by atoms with Crippen LogP contribution in [0.2, 0.25) is 0 Å². The van der Waals surface area contributed by atoms with Gasteiger partial charge in [0, 0.05) is 22.9 Å². The molecule has 0 atom stereocenters. The van der Waals surface area contributed by atoms with Gasteiger partial charge in [0.05, 0.1) is 10.6 Å². The first-order valence-electron chi connectivity index (χ1n) is 11.7. The van der Waals surface area contributed by atoms with Crippen LogP contribution in [0.15, 0.2) is 77.7 Å². The lowest BCUT2D eigenvalue weighted by atomic mass is 9.88. The van der Waals surface area contributed by atoms with Crippen molar-refractivity contribution in [2.45, 2.75) is 43.9 Å². The van der Waals surface area contributed by atoms with Gasteiger partial charge in [-0.3, -0.25) is 14.3 Å². The molecule has 1 aliphatic carbocycles. The third-order valence-corrected chi connectivity index (χ3v) is 7.54. The number of anilines is 3. The molecule has 3 aromatic carbocycles. The molecule has 3 N–H and O–H groups in total. The molecule has 0 spiro atoms. The number of carbonyl (C=O) groups excluding carboxylic acids is 2. The molecular formula is C27H29N3O4S. The van der Waals surface area contributed by atoms with E-state index < -0.39 is 10.0 Å².